The molecule has 0 radical (unpaired) electrons. The zero-order chi connectivity index (χ0) is 22.7. The number of carbonyl (C=O) groups excluding carboxylic acids is 2. The molecule has 0 aliphatic heterocycles. The summed E-state index contributed by atoms with van der Waals surface area (Å²) in [7, 11) is 4.44. The molecule has 0 aliphatic carbocycles. The molecule has 0 aliphatic rings. The van der Waals surface area contributed by atoms with Gasteiger partial charge in [0.05, 0.1) is 49.4 Å². The first-order valence-electron chi connectivity index (χ1n) is 9.54. The average Bonchev–Trinajstić information content (AvgIpc) is 3.19. The third-order valence-electron chi connectivity index (χ3n) is 4.80. The number of ether oxygens (including phenoxy) is 3. The number of hydrogen-bond donors (Lipinski definition) is 2. The maximum atomic E-state index is 12.6. The first-order valence-corrected chi connectivity index (χ1v) is 10.5. The van der Waals surface area contributed by atoms with Crippen molar-refractivity contribution in [3.63, 3.8) is 0 Å². The normalized spacial score (nSPS) is 10.8. The molecule has 0 saturated carbocycles. The smallest absolute Gasteiger partial charge is 0.339 e. The summed E-state index contributed by atoms with van der Waals surface area (Å²) in [4.78, 5) is 36.5. The molecule has 0 bridgehead atoms. The molecule has 32 heavy (non-hydrogen) atoms. The van der Waals surface area contributed by atoms with Gasteiger partial charge in [-0.15, -0.1) is 0 Å². The van der Waals surface area contributed by atoms with Gasteiger partial charge in [0, 0.05) is 11.5 Å². The van der Waals surface area contributed by atoms with Gasteiger partial charge in [0.1, 0.15) is 16.9 Å². The number of aromatic amines is 1. The fourth-order valence-electron chi connectivity index (χ4n) is 3.31. The van der Waals surface area contributed by atoms with Crippen molar-refractivity contribution >= 4 is 51.3 Å². The summed E-state index contributed by atoms with van der Waals surface area (Å²) in [6.45, 7) is 0. The molecule has 0 spiro atoms. The van der Waals surface area contributed by atoms with Gasteiger partial charge in [-0.1, -0.05) is 23.9 Å². The van der Waals surface area contributed by atoms with Crippen LogP contribution in [0.1, 0.15) is 10.4 Å². The van der Waals surface area contributed by atoms with E-state index in [1.54, 1.807) is 38.5 Å². The molecular formula is C22H20N4O5S. The van der Waals surface area contributed by atoms with Crippen molar-refractivity contribution in [2.75, 3.05) is 32.4 Å². The largest absolute Gasteiger partial charge is 0.493 e. The van der Waals surface area contributed by atoms with Gasteiger partial charge in [0.25, 0.3) is 0 Å². The van der Waals surface area contributed by atoms with Crippen molar-refractivity contribution in [1.82, 2.24) is 15.0 Å². The summed E-state index contributed by atoms with van der Waals surface area (Å²) in [5.41, 5.74) is 2.93. The van der Waals surface area contributed by atoms with Gasteiger partial charge in [-0.2, -0.15) is 0 Å². The van der Waals surface area contributed by atoms with Crippen LogP contribution >= 0.6 is 11.8 Å². The van der Waals surface area contributed by atoms with E-state index in [4.69, 9.17) is 14.2 Å². The standard InChI is InChI=1S/C22H20N4O5S/c1-29-16-8-13-15(9-17(16)30-2)26-20-19(13)23-11-24-21(20)32-10-18(27)25-14-7-5-4-6-12(14)22(28)31-3/h4-9,11,26H,10H2,1-3H3,(H,25,27). The van der Waals surface area contributed by atoms with Crippen LogP contribution in [0, 0.1) is 0 Å². The van der Waals surface area contributed by atoms with Crippen LogP contribution in [-0.4, -0.2) is 53.9 Å². The molecule has 2 aromatic carbocycles. The maximum absolute atomic E-state index is 12.6. The number of nitrogens with one attached hydrogen (secondary N) is 2. The molecule has 164 valence electrons. The summed E-state index contributed by atoms with van der Waals surface area (Å²) >= 11 is 1.26. The number of esters is 1. The Morgan fingerprint density at radius 3 is 2.56 bits per heavy atom. The van der Waals surface area contributed by atoms with Gasteiger partial charge in [0.2, 0.25) is 5.91 Å². The number of fused-ring (bicyclic) bond motifs is 3. The molecule has 2 aromatic heterocycles. The average molecular weight is 452 g/mol. The van der Waals surface area contributed by atoms with Crippen LogP contribution in [0.2, 0.25) is 0 Å². The minimum atomic E-state index is -0.519. The van der Waals surface area contributed by atoms with E-state index in [0.29, 0.717) is 27.7 Å². The number of hydrogen-bond acceptors (Lipinski definition) is 8. The van der Waals surface area contributed by atoms with Gasteiger partial charge in [-0.3, -0.25) is 4.79 Å². The topological polar surface area (TPSA) is 115 Å². The number of nitrogens with zero attached hydrogens (tertiary/aromatic N) is 2. The molecule has 0 unspecified atom stereocenters. The molecule has 4 rings (SSSR count). The summed E-state index contributed by atoms with van der Waals surface area (Å²) in [6, 6.07) is 10.4. The predicted molar refractivity (Wildman–Crippen MR) is 122 cm³/mol. The van der Waals surface area contributed by atoms with E-state index < -0.39 is 5.97 Å². The lowest BCUT2D eigenvalue weighted by molar-refractivity contribution is -0.113. The highest BCUT2D eigenvalue weighted by Crippen LogP contribution is 2.36. The minimum Gasteiger partial charge on any atom is -0.493 e. The number of aromatic nitrogens is 3. The third-order valence-corrected chi connectivity index (χ3v) is 5.79. The molecule has 10 heteroatoms. The van der Waals surface area contributed by atoms with E-state index in [2.05, 4.69) is 20.3 Å². The maximum Gasteiger partial charge on any atom is 0.339 e. The first-order chi connectivity index (χ1) is 15.5. The van der Waals surface area contributed by atoms with E-state index in [1.807, 2.05) is 12.1 Å². The highest BCUT2D eigenvalue weighted by molar-refractivity contribution is 8.00. The highest BCUT2D eigenvalue weighted by atomic mass is 32.2. The number of methoxy groups -OCH3 is 3. The number of amides is 1. The molecule has 4 aromatic rings. The summed E-state index contributed by atoms with van der Waals surface area (Å²) in [5, 5.41) is 4.24. The van der Waals surface area contributed by atoms with Gasteiger partial charge in [-0.05, 0) is 18.2 Å². The second-order valence-electron chi connectivity index (χ2n) is 6.65. The van der Waals surface area contributed by atoms with E-state index >= 15 is 0 Å². The van der Waals surface area contributed by atoms with Gasteiger partial charge >= 0.3 is 5.97 Å². The zero-order valence-electron chi connectivity index (χ0n) is 17.6. The van der Waals surface area contributed by atoms with Crippen molar-refractivity contribution in [1.29, 1.82) is 0 Å². The fourth-order valence-corrected chi connectivity index (χ4v) is 4.06. The third kappa shape index (κ3) is 4.04. The molecular weight excluding hydrogens is 432 g/mol. The SMILES string of the molecule is COC(=O)c1ccccc1NC(=O)CSc1ncnc2c1[nH]c1cc(OC)c(OC)cc12. The Kier molecular flexibility index (Phi) is 6.13. The van der Waals surface area contributed by atoms with Crippen molar-refractivity contribution < 1.29 is 23.8 Å². The van der Waals surface area contributed by atoms with E-state index in [1.165, 1.54) is 25.2 Å². The van der Waals surface area contributed by atoms with E-state index in [9.17, 15) is 9.59 Å². The molecule has 0 saturated heterocycles. The van der Waals surface area contributed by atoms with Crippen LogP contribution < -0.4 is 14.8 Å². The lowest BCUT2D eigenvalue weighted by atomic mass is 10.2. The number of benzene rings is 2. The number of anilines is 1. The van der Waals surface area contributed by atoms with Crippen LogP contribution in [0.25, 0.3) is 21.9 Å². The number of rotatable bonds is 7. The Balaban J connectivity index is 1.57. The monoisotopic (exact) mass is 452 g/mol. The summed E-state index contributed by atoms with van der Waals surface area (Å²) < 4.78 is 15.5. The Bertz CT molecular complexity index is 1320. The Labute approximate surface area is 187 Å². The second kappa shape index (κ2) is 9.15. The zero-order valence-corrected chi connectivity index (χ0v) is 18.4. The van der Waals surface area contributed by atoms with Crippen LogP contribution in [0.15, 0.2) is 47.8 Å². The highest BCUT2D eigenvalue weighted by Gasteiger charge is 2.17. The number of thioether (sulfide) groups is 1. The van der Waals surface area contributed by atoms with Crippen LogP contribution in [-0.2, 0) is 9.53 Å². The number of H-pyrrole nitrogens is 1. The van der Waals surface area contributed by atoms with Gasteiger partial charge in [0.15, 0.2) is 11.5 Å². The predicted octanol–water partition coefficient (Wildman–Crippen LogP) is 3.65. The minimum absolute atomic E-state index is 0.0869. The molecule has 2 N–H and O–H groups in total. The van der Waals surface area contributed by atoms with Gasteiger partial charge < -0.3 is 24.5 Å². The fraction of sp³-hybridized carbons (Fsp3) is 0.182. The van der Waals surface area contributed by atoms with Crippen molar-refractivity contribution in [3.05, 3.63) is 48.3 Å². The second-order valence-corrected chi connectivity index (χ2v) is 7.62. The van der Waals surface area contributed by atoms with Crippen molar-refractivity contribution in [3.8, 4) is 11.5 Å². The van der Waals surface area contributed by atoms with Gasteiger partial charge in [-0.25, -0.2) is 14.8 Å². The van der Waals surface area contributed by atoms with Crippen LogP contribution in [0.5, 0.6) is 11.5 Å². The number of carbonyl (C=O) groups is 2. The van der Waals surface area contributed by atoms with E-state index in [0.717, 1.165) is 16.4 Å². The lowest BCUT2D eigenvalue weighted by Gasteiger charge is -2.09. The van der Waals surface area contributed by atoms with Crippen molar-refractivity contribution in [2.45, 2.75) is 5.03 Å². The van der Waals surface area contributed by atoms with Crippen molar-refractivity contribution in [2.24, 2.45) is 0 Å². The Morgan fingerprint density at radius 1 is 1.06 bits per heavy atom. The number of para-hydroxylation sites is 1. The molecule has 2 heterocycles. The van der Waals surface area contributed by atoms with Crippen LogP contribution in [0.3, 0.4) is 0 Å². The summed E-state index contributed by atoms with van der Waals surface area (Å²) in [6.07, 6.45) is 1.46. The Hall–Kier alpha value is -3.79. The molecule has 0 fully saturated rings. The van der Waals surface area contributed by atoms with Crippen LogP contribution in [0.4, 0.5) is 5.69 Å². The first kappa shape index (κ1) is 21.4. The molecule has 1 amide bonds. The summed E-state index contributed by atoms with van der Waals surface area (Å²) in [5.74, 6) is 0.478. The quantitative estimate of drug-likeness (QED) is 0.248. The lowest BCUT2D eigenvalue weighted by Crippen LogP contribution is -2.17. The van der Waals surface area contributed by atoms with E-state index in [-0.39, 0.29) is 17.2 Å². The molecule has 9 nitrogen and oxygen atoms in total. The molecule has 0 atom stereocenters. The Morgan fingerprint density at radius 2 is 1.81 bits per heavy atom.